The molecule has 1 saturated heterocycles. The Kier molecular flexibility index (Phi) is 5.26. The van der Waals surface area contributed by atoms with Gasteiger partial charge in [0.2, 0.25) is 0 Å². The molecule has 3 aromatic carbocycles. The quantitative estimate of drug-likeness (QED) is 0.498. The molecule has 1 aliphatic rings. The van der Waals surface area contributed by atoms with Gasteiger partial charge >= 0.3 is 0 Å². The van der Waals surface area contributed by atoms with E-state index in [1.54, 1.807) is 7.11 Å². The molecular formula is C26H26N2O2. The van der Waals surface area contributed by atoms with E-state index in [0.717, 1.165) is 37.6 Å². The molecule has 4 nitrogen and oxygen atoms in total. The maximum atomic E-state index is 5.68. The molecular weight excluding hydrogens is 372 g/mol. The number of ether oxygens (including phenoxy) is 2. The Morgan fingerprint density at radius 2 is 1.67 bits per heavy atom. The minimum absolute atomic E-state index is 0.107. The van der Waals surface area contributed by atoms with Gasteiger partial charge in [-0.25, -0.2) is 0 Å². The Morgan fingerprint density at radius 3 is 2.47 bits per heavy atom. The van der Waals surface area contributed by atoms with Crippen molar-refractivity contribution in [3.05, 3.63) is 90.0 Å². The van der Waals surface area contributed by atoms with E-state index in [9.17, 15) is 0 Å². The van der Waals surface area contributed by atoms with Crippen LogP contribution in [0.3, 0.4) is 0 Å². The van der Waals surface area contributed by atoms with Crippen molar-refractivity contribution in [3.63, 3.8) is 0 Å². The lowest BCUT2D eigenvalue weighted by molar-refractivity contribution is 0.0242. The van der Waals surface area contributed by atoms with Crippen molar-refractivity contribution in [2.24, 2.45) is 0 Å². The van der Waals surface area contributed by atoms with Crippen molar-refractivity contribution in [3.8, 4) is 17.0 Å². The van der Waals surface area contributed by atoms with Gasteiger partial charge in [0.1, 0.15) is 5.75 Å². The van der Waals surface area contributed by atoms with Gasteiger partial charge in [-0.15, -0.1) is 0 Å². The van der Waals surface area contributed by atoms with Gasteiger partial charge in [-0.2, -0.15) is 0 Å². The summed E-state index contributed by atoms with van der Waals surface area (Å²) in [5, 5.41) is 1.26. The number of hydrogen-bond acceptors (Lipinski definition) is 3. The fourth-order valence-electron chi connectivity index (χ4n) is 4.49. The number of nitrogens with zero attached hydrogens (tertiary/aromatic N) is 1. The third-order valence-electron chi connectivity index (χ3n) is 5.90. The Bertz CT molecular complexity index is 1130. The molecule has 4 aromatic rings. The number of hydrogen-bond donors (Lipinski definition) is 1. The number of aromatic nitrogens is 1. The fraction of sp³-hybridized carbons (Fsp3) is 0.231. The van der Waals surface area contributed by atoms with Gasteiger partial charge in [0, 0.05) is 29.6 Å². The van der Waals surface area contributed by atoms with Crippen LogP contribution in [0.4, 0.5) is 0 Å². The molecule has 1 fully saturated rings. The summed E-state index contributed by atoms with van der Waals surface area (Å²) in [6, 6.07) is 27.8. The van der Waals surface area contributed by atoms with E-state index in [4.69, 9.17) is 9.47 Å². The SMILES string of the molecule is COc1cccc(C(c2c(-c3ccccc3)[nH]c3ccccc23)N2CCOCC2)c1. The van der Waals surface area contributed by atoms with Crippen LogP contribution in [0.25, 0.3) is 22.2 Å². The van der Waals surface area contributed by atoms with Crippen LogP contribution in [0.2, 0.25) is 0 Å². The number of rotatable bonds is 5. The Hall–Kier alpha value is -3.08. The van der Waals surface area contributed by atoms with Crippen LogP contribution in [0.15, 0.2) is 78.9 Å². The van der Waals surface area contributed by atoms with E-state index in [2.05, 4.69) is 82.7 Å². The van der Waals surface area contributed by atoms with Crippen LogP contribution in [-0.2, 0) is 4.74 Å². The molecule has 30 heavy (non-hydrogen) atoms. The first kappa shape index (κ1) is 18.9. The van der Waals surface area contributed by atoms with Crippen molar-refractivity contribution < 1.29 is 9.47 Å². The number of methoxy groups -OCH3 is 1. The lowest BCUT2D eigenvalue weighted by Crippen LogP contribution is -2.39. The summed E-state index contributed by atoms with van der Waals surface area (Å²) in [6.07, 6.45) is 0. The van der Waals surface area contributed by atoms with Crippen molar-refractivity contribution in [1.82, 2.24) is 9.88 Å². The molecule has 1 aliphatic heterocycles. The van der Waals surface area contributed by atoms with Gasteiger partial charge in [0.25, 0.3) is 0 Å². The number of aromatic amines is 1. The van der Waals surface area contributed by atoms with E-state index in [1.807, 2.05) is 6.07 Å². The largest absolute Gasteiger partial charge is 0.497 e. The van der Waals surface area contributed by atoms with Crippen LogP contribution >= 0.6 is 0 Å². The van der Waals surface area contributed by atoms with Gasteiger partial charge < -0.3 is 14.5 Å². The molecule has 1 atom stereocenters. The molecule has 0 amide bonds. The molecule has 5 rings (SSSR count). The number of para-hydroxylation sites is 1. The number of nitrogens with one attached hydrogen (secondary N) is 1. The van der Waals surface area contributed by atoms with Crippen LogP contribution in [-0.4, -0.2) is 43.3 Å². The molecule has 1 unspecified atom stereocenters. The minimum atomic E-state index is 0.107. The van der Waals surface area contributed by atoms with E-state index < -0.39 is 0 Å². The highest BCUT2D eigenvalue weighted by Gasteiger charge is 2.30. The highest BCUT2D eigenvalue weighted by Crippen LogP contribution is 2.41. The zero-order valence-electron chi connectivity index (χ0n) is 17.2. The number of benzene rings is 3. The summed E-state index contributed by atoms with van der Waals surface area (Å²) in [4.78, 5) is 6.24. The molecule has 0 bridgehead atoms. The van der Waals surface area contributed by atoms with Gasteiger partial charge in [-0.05, 0) is 29.3 Å². The summed E-state index contributed by atoms with van der Waals surface area (Å²) in [5.41, 5.74) is 6.08. The second-order valence-corrected chi connectivity index (χ2v) is 7.65. The average Bonchev–Trinajstić information content (AvgIpc) is 3.20. The summed E-state index contributed by atoms with van der Waals surface area (Å²) < 4.78 is 11.2. The molecule has 0 aliphatic carbocycles. The zero-order chi connectivity index (χ0) is 20.3. The Morgan fingerprint density at radius 1 is 0.900 bits per heavy atom. The predicted octanol–water partition coefficient (Wildman–Crippen LogP) is 5.27. The van der Waals surface area contributed by atoms with Crippen molar-refractivity contribution in [2.45, 2.75) is 6.04 Å². The normalized spacial score (nSPS) is 15.9. The predicted molar refractivity (Wildman–Crippen MR) is 121 cm³/mol. The van der Waals surface area contributed by atoms with Crippen LogP contribution in [0, 0.1) is 0 Å². The van der Waals surface area contributed by atoms with E-state index >= 15 is 0 Å². The maximum Gasteiger partial charge on any atom is 0.119 e. The summed E-state index contributed by atoms with van der Waals surface area (Å²) in [5.74, 6) is 0.881. The summed E-state index contributed by atoms with van der Waals surface area (Å²) in [7, 11) is 1.73. The number of H-pyrrole nitrogens is 1. The van der Waals surface area contributed by atoms with Crippen molar-refractivity contribution in [2.75, 3.05) is 33.4 Å². The van der Waals surface area contributed by atoms with Gasteiger partial charge in [-0.3, -0.25) is 4.90 Å². The summed E-state index contributed by atoms with van der Waals surface area (Å²) >= 11 is 0. The van der Waals surface area contributed by atoms with Gasteiger partial charge in [-0.1, -0.05) is 60.7 Å². The van der Waals surface area contributed by atoms with Crippen LogP contribution in [0.1, 0.15) is 17.2 Å². The summed E-state index contributed by atoms with van der Waals surface area (Å²) in [6.45, 7) is 3.30. The molecule has 152 valence electrons. The lowest BCUT2D eigenvalue weighted by Gasteiger charge is -2.35. The van der Waals surface area contributed by atoms with Crippen LogP contribution < -0.4 is 4.74 Å². The van der Waals surface area contributed by atoms with Gasteiger partial charge in [0.05, 0.1) is 32.1 Å². The molecule has 1 N–H and O–H groups in total. The second-order valence-electron chi connectivity index (χ2n) is 7.65. The Balaban J connectivity index is 1.76. The van der Waals surface area contributed by atoms with Crippen molar-refractivity contribution in [1.29, 1.82) is 0 Å². The monoisotopic (exact) mass is 398 g/mol. The average molecular weight is 399 g/mol. The van der Waals surface area contributed by atoms with E-state index in [0.29, 0.717) is 0 Å². The second kappa shape index (κ2) is 8.34. The third kappa shape index (κ3) is 3.49. The highest BCUT2D eigenvalue weighted by molar-refractivity contribution is 5.91. The minimum Gasteiger partial charge on any atom is -0.497 e. The number of morpholine rings is 1. The first-order valence-corrected chi connectivity index (χ1v) is 10.5. The lowest BCUT2D eigenvalue weighted by atomic mass is 9.92. The first-order valence-electron chi connectivity index (χ1n) is 10.5. The van der Waals surface area contributed by atoms with E-state index in [-0.39, 0.29) is 6.04 Å². The first-order chi connectivity index (χ1) is 14.8. The van der Waals surface area contributed by atoms with Crippen LogP contribution in [0.5, 0.6) is 5.75 Å². The molecule has 0 spiro atoms. The molecule has 1 aromatic heterocycles. The molecule has 0 saturated carbocycles. The van der Waals surface area contributed by atoms with Crippen molar-refractivity contribution >= 4 is 10.9 Å². The standard InChI is InChI=1S/C26H26N2O2/c1-29-21-11-7-10-20(18-21)26(28-14-16-30-17-15-28)24-22-12-5-6-13-23(22)27-25(24)19-8-3-2-4-9-19/h2-13,18,26-27H,14-17H2,1H3. The molecule has 0 radical (unpaired) electrons. The molecule has 2 heterocycles. The topological polar surface area (TPSA) is 37.5 Å². The van der Waals surface area contributed by atoms with E-state index in [1.165, 1.54) is 27.8 Å². The fourth-order valence-corrected chi connectivity index (χ4v) is 4.49. The number of fused-ring (bicyclic) bond motifs is 1. The smallest absolute Gasteiger partial charge is 0.119 e. The Labute approximate surface area is 177 Å². The maximum absolute atomic E-state index is 5.68. The third-order valence-corrected chi connectivity index (χ3v) is 5.90. The zero-order valence-corrected chi connectivity index (χ0v) is 17.2. The highest BCUT2D eigenvalue weighted by atomic mass is 16.5. The molecule has 4 heteroatoms. The van der Waals surface area contributed by atoms with Gasteiger partial charge in [0.15, 0.2) is 0 Å².